The molecular weight excluding hydrogens is 424 g/mol. The van der Waals surface area contributed by atoms with Gasteiger partial charge in [0.05, 0.1) is 6.21 Å². The van der Waals surface area contributed by atoms with Crippen molar-refractivity contribution in [3.63, 3.8) is 0 Å². The van der Waals surface area contributed by atoms with E-state index >= 15 is 0 Å². The average Bonchev–Trinajstić information content (AvgIpc) is 2.81. The predicted molar refractivity (Wildman–Crippen MR) is 152 cm³/mol. The zero-order valence-electron chi connectivity index (χ0n) is 21.7. The van der Waals surface area contributed by atoms with Crippen LogP contribution in [0.3, 0.4) is 0 Å². The number of nitrogens with one attached hydrogen (secondary N) is 2. The van der Waals surface area contributed by atoms with Gasteiger partial charge in [-0.3, -0.25) is 5.43 Å². The maximum atomic E-state index is 5.29. The minimum absolute atomic E-state index is 0.595. The molecule has 5 heteroatoms. The van der Waals surface area contributed by atoms with E-state index in [1.165, 1.54) is 102 Å². The van der Waals surface area contributed by atoms with Gasteiger partial charge in [-0.05, 0) is 36.3 Å². The Bertz CT molecular complexity index is 613. The average molecular weight is 475 g/mol. The number of nitrogens with zero attached hydrogens (tertiary/aromatic N) is 2. The van der Waals surface area contributed by atoms with E-state index in [2.05, 4.69) is 39.8 Å². The summed E-state index contributed by atoms with van der Waals surface area (Å²) in [6.45, 7) is 3.20. The molecule has 0 amide bonds. The molecule has 0 saturated heterocycles. The number of hydrazone groups is 1. The van der Waals surface area contributed by atoms with Crippen LogP contribution in [0.4, 0.5) is 5.69 Å². The van der Waals surface area contributed by atoms with Gasteiger partial charge < -0.3 is 10.2 Å². The summed E-state index contributed by atoms with van der Waals surface area (Å²) in [4.78, 5) is 2.08. The molecule has 1 rings (SSSR count). The van der Waals surface area contributed by atoms with E-state index in [0.29, 0.717) is 5.11 Å². The lowest BCUT2D eigenvalue weighted by Gasteiger charge is -2.11. The molecule has 33 heavy (non-hydrogen) atoms. The van der Waals surface area contributed by atoms with Crippen LogP contribution < -0.4 is 15.6 Å². The van der Waals surface area contributed by atoms with E-state index in [9.17, 15) is 0 Å². The molecule has 0 bridgehead atoms. The topological polar surface area (TPSA) is 39.7 Å². The van der Waals surface area contributed by atoms with Crippen LogP contribution in [0.15, 0.2) is 29.4 Å². The first-order valence-electron chi connectivity index (χ1n) is 13.5. The zero-order chi connectivity index (χ0) is 24.0. The second-order valence-corrected chi connectivity index (χ2v) is 9.82. The fourth-order valence-electron chi connectivity index (χ4n) is 3.94. The molecule has 1 aromatic carbocycles. The number of thiocarbonyl (C=S) groups is 1. The molecule has 0 aliphatic heterocycles. The molecule has 0 spiro atoms. The Balaban J connectivity index is 1.85. The largest absolute Gasteiger partial charge is 0.378 e. The van der Waals surface area contributed by atoms with Gasteiger partial charge in [0.2, 0.25) is 0 Å². The molecule has 188 valence electrons. The summed E-state index contributed by atoms with van der Waals surface area (Å²) >= 11 is 5.29. The van der Waals surface area contributed by atoms with Gasteiger partial charge >= 0.3 is 0 Å². The van der Waals surface area contributed by atoms with Crippen LogP contribution in [0.25, 0.3) is 0 Å². The van der Waals surface area contributed by atoms with Crippen LogP contribution in [-0.4, -0.2) is 32.0 Å². The molecule has 0 aliphatic carbocycles. The van der Waals surface area contributed by atoms with Crippen molar-refractivity contribution in [1.82, 2.24) is 10.7 Å². The monoisotopic (exact) mass is 474 g/mol. The predicted octanol–water partition coefficient (Wildman–Crippen LogP) is 7.81. The van der Waals surface area contributed by atoms with Gasteiger partial charge in [0.1, 0.15) is 0 Å². The summed E-state index contributed by atoms with van der Waals surface area (Å²) in [6, 6.07) is 8.26. The smallest absolute Gasteiger partial charge is 0.186 e. The third kappa shape index (κ3) is 17.5. The summed E-state index contributed by atoms with van der Waals surface area (Å²) in [5, 5.41) is 8.06. The third-order valence-corrected chi connectivity index (χ3v) is 6.34. The van der Waals surface area contributed by atoms with Crippen molar-refractivity contribution in [2.45, 2.75) is 110 Å². The van der Waals surface area contributed by atoms with Gasteiger partial charge in [0, 0.05) is 26.3 Å². The first-order valence-corrected chi connectivity index (χ1v) is 13.9. The van der Waals surface area contributed by atoms with Crippen molar-refractivity contribution in [3.8, 4) is 0 Å². The van der Waals surface area contributed by atoms with Gasteiger partial charge in [-0.2, -0.15) is 5.10 Å². The Hall–Kier alpha value is -1.62. The van der Waals surface area contributed by atoms with Crippen LogP contribution in [0.2, 0.25) is 0 Å². The quantitative estimate of drug-likeness (QED) is 0.0874. The first kappa shape index (κ1) is 29.4. The van der Waals surface area contributed by atoms with Gasteiger partial charge in [0.25, 0.3) is 0 Å². The lowest BCUT2D eigenvalue weighted by molar-refractivity contribution is 0.529. The Morgan fingerprint density at radius 2 is 1.21 bits per heavy atom. The van der Waals surface area contributed by atoms with Crippen LogP contribution >= 0.6 is 12.2 Å². The molecule has 0 atom stereocenters. The van der Waals surface area contributed by atoms with Gasteiger partial charge in [-0.25, -0.2) is 0 Å². The second kappa shape index (κ2) is 20.9. The Morgan fingerprint density at radius 1 is 0.758 bits per heavy atom. The maximum Gasteiger partial charge on any atom is 0.186 e. The lowest BCUT2D eigenvalue weighted by atomic mass is 10.0. The van der Waals surface area contributed by atoms with Crippen LogP contribution in [0, 0.1) is 0 Å². The van der Waals surface area contributed by atoms with Crippen molar-refractivity contribution < 1.29 is 0 Å². The standard InChI is InChI=1S/C28H50N4S/c1-4-5-6-7-8-9-10-11-12-13-14-15-16-17-18-19-24-29-28(33)31-30-25-26-20-22-27(23-21-26)32(2)3/h20-23,25H,4-19,24H2,1-3H3,(H2,29,31,33)/b30-25-. The fourth-order valence-corrected chi connectivity index (χ4v) is 4.09. The van der Waals surface area contributed by atoms with Crippen molar-refractivity contribution >= 4 is 29.2 Å². The van der Waals surface area contributed by atoms with E-state index in [4.69, 9.17) is 12.2 Å². The molecular formula is C28H50N4S. The molecule has 0 aromatic heterocycles. The third-order valence-electron chi connectivity index (χ3n) is 6.11. The number of anilines is 1. The molecule has 0 heterocycles. The number of hydrogen-bond donors (Lipinski definition) is 2. The second-order valence-electron chi connectivity index (χ2n) is 9.42. The Kier molecular flexibility index (Phi) is 18.7. The van der Waals surface area contributed by atoms with Gasteiger partial charge in [-0.15, -0.1) is 0 Å². The molecule has 0 aliphatic rings. The van der Waals surface area contributed by atoms with E-state index in [1.807, 2.05) is 26.2 Å². The summed E-state index contributed by atoms with van der Waals surface area (Å²) in [7, 11) is 4.07. The Labute approximate surface area is 210 Å². The van der Waals surface area contributed by atoms with E-state index in [-0.39, 0.29) is 0 Å². The van der Waals surface area contributed by atoms with E-state index in [0.717, 1.165) is 18.5 Å². The number of hydrogen-bond acceptors (Lipinski definition) is 3. The summed E-state index contributed by atoms with van der Waals surface area (Å²) in [5.41, 5.74) is 5.13. The molecule has 0 radical (unpaired) electrons. The molecule has 0 saturated carbocycles. The normalized spacial score (nSPS) is 11.1. The summed E-state index contributed by atoms with van der Waals surface area (Å²) < 4.78 is 0. The highest BCUT2D eigenvalue weighted by molar-refractivity contribution is 7.80. The Morgan fingerprint density at radius 3 is 1.67 bits per heavy atom. The lowest BCUT2D eigenvalue weighted by Crippen LogP contribution is -2.32. The first-order chi connectivity index (χ1) is 16.1. The fraction of sp³-hybridized carbons (Fsp3) is 0.714. The van der Waals surface area contributed by atoms with Crippen molar-refractivity contribution in [2.75, 3.05) is 25.5 Å². The van der Waals surface area contributed by atoms with Crippen molar-refractivity contribution in [2.24, 2.45) is 5.10 Å². The molecule has 0 unspecified atom stereocenters. The number of rotatable bonds is 20. The highest BCUT2D eigenvalue weighted by Crippen LogP contribution is 2.14. The van der Waals surface area contributed by atoms with E-state index in [1.54, 1.807) is 6.21 Å². The minimum Gasteiger partial charge on any atom is -0.378 e. The minimum atomic E-state index is 0.595. The van der Waals surface area contributed by atoms with Crippen molar-refractivity contribution in [3.05, 3.63) is 29.8 Å². The highest BCUT2D eigenvalue weighted by Gasteiger charge is 1.97. The summed E-state index contributed by atoms with van der Waals surface area (Å²) in [5.74, 6) is 0. The maximum absolute atomic E-state index is 5.29. The molecule has 4 nitrogen and oxygen atoms in total. The van der Waals surface area contributed by atoms with E-state index < -0.39 is 0 Å². The van der Waals surface area contributed by atoms with Crippen LogP contribution in [0.5, 0.6) is 0 Å². The van der Waals surface area contributed by atoms with Crippen LogP contribution in [-0.2, 0) is 0 Å². The van der Waals surface area contributed by atoms with Crippen LogP contribution in [0.1, 0.15) is 115 Å². The van der Waals surface area contributed by atoms with Gasteiger partial charge in [0.15, 0.2) is 5.11 Å². The highest BCUT2D eigenvalue weighted by atomic mass is 32.1. The molecule has 2 N–H and O–H groups in total. The SMILES string of the molecule is CCCCCCCCCCCCCCCCCCNC(=S)N/N=C\c1ccc(N(C)C)cc1. The summed E-state index contributed by atoms with van der Waals surface area (Å²) in [6.07, 6.45) is 24.1. The number of unbranched alkanes of at least 4 members (excludes halogenated alkanes) is 15. The van der Waals surface area contributed by atoms with Crippen molar-refractivity contribution in [1.29, 1.82) is 0 Å². The number of benzene rings is 1. The zero-order valence-corrected chi connectivity index (χ0v) is 22.5. The van der Waals surface area contributed by atoms with Gasteiger partial charge in [-0.1, -0.05) is 115 Å². The molecule has 1 aromatic rings. The molecule has 0 fully saturated rings.